The van der Waals surface area contributed by atoms with Gasteiger partial charge in [-0.3, -0.25) is 0 Å². The Hall–Kier alpha value is -1.88. The quantitative estimate of drug-likeness (QED) is 0.866. The molecule has 2 rings (SSSR count). The van der Waals surface area contributed by atoms with Crippen LogP contribution in [0.1, 0.15) is 34.8 Å². The van der Waals surface area contributed by atoms with Gasteiger partial charge in [-0.05, 0) is 18.6 Å². The molecule has 0 saturated heterocycles. The predicted molar refractivity (Wildman–Crippen MR) is 72.2 cm³/mol. The lowest BCUT2D eigenvalue weighted by Crippen LogP contribution is -2.12. The number of aromatic carboxylic acids is 1. The first kappa shape index (κ1) is 12.6. The van der Waals surface area contributed by atoms with Gasteiger partial charge in [0.2, 0.25) is 0 Å². The van der Waals surface area contributed by atoms with Gasteiger partial charge in [0.15, 0.2) is 0 Å². The average molecular weight is 262 g/mol. The Bertz CT molecular complexity index is 526. The van der Waals surface area contributed by atoms with Crippen LogP contribution >= 0.6 is 11.3 Å². The highest BCUT2D eigenvalue weighted by atomic mass is 32.1. The standard InChI is InChI=1S/C13H14N2O2S/c1-2-10(12-14-7-8-18-12)15-11-6-4-3-5-9(11)13(16)17/h3-8,10,15H,2H2,1H3,(H,16,17). The predicted octanol–water partition coefficient (Wildman–Crippen LogP) is 3.40. The Morgan fingerprint density at radius 1 is 1.50 bits per heavy atom. The van der Waals surface area contributed by atoms with E-state index < -0.39 is 5.97 Å². The number of hydrogen-bond donors (Lipinski definition) is 2. The van der Waals surface area contributed by atoms with Crippen LogP contribution in [-0.2, 0) is 0 Å². The van der Waals surface area contributed by atoms with Crippen molar-refractivity contribution in [1.82, 2.24) is 4.98 Å². The molecule has 18 heavy (non-hydrogen) atoms. The molecule has 2 aromatic rings. The summed E-state index contributed by atoms with van der Waals surface area (Å²) in [4.78, 5) is 15.4. The molecule has 1 aromatic carbocycles. The molecule has 0 fully saturated rings. The summed E-state index contributed by atoms with van der Waals surface area (Å²) in [6, 6.07) is 6.96. The zero-order valence-corrected chi connectivity index (χ0v) is 10.8. The summed E-state index contributed by atoms with van der Waals surface area (Å²) in [6.07, 6.45) is 2.61. The summed E-state index contributed by atoms with van der Waals surface area (Å²) >= 11 is 1.57. The lowest BCUT2D eigenvalue weighted by molar-refractivity contribution is 0.0698. The van der Waals surface area contributed by atoms with Gasteiger partial charge in [0, 0.05) is 17.3 Å². The highest BCUT2D eigenvalue weighted by Crippen LogP contribution is 2.26. The molecule has 0 aliphatic rings. The Morgan fingerprint density at radius 2 is 2.28 bits per heavy atom. The van der Waals surface area contributed by atoms with E-state index in [9.17, 15) is 4.79 Å². The summed E-state index contributed by atoms with van der Waals surface area (Å²) in [7, 11) is 0. The number of rotatable bonds is 5. The molecule has 0 bridgehead atoms. The van der Waals surface area contributed by atoms with E-state index in [1.165, 1.54) is 0 Å². The molecule has 5 heteroatoms. The number of thiazole rings is 1. The van der Waals surface area contributed by atoms with Gasteiger partial charge in [-0.25, -0.2) is 9.78 Å². The third-order valence-electron chi connectivity index (χ3n) is 2.64. The van der Waals surface area contributed by atoms with E-state index in [1.54, 1.807) is 35.7 Å². The number of carboxylic acid groups (broad SMARTS) is 1. The second kappa shape index (κ2) is 5.64. The molecule has 1 atom stereocenters. The molecular formula is C13H14N2O2S. The minimum atomic E-state index is -0.924. The summed E-state index contributed by atoms with van der Waals surface area (Å²) < 4.78 is 0. The number of para-hydroxylation sites is 1. The highest BCUT2D eigenvalue weighted by molar-refractivity contribution is 7.09. The lowest BCUT2D eigenvalue weighted by atomic mass is 10.1. The zero-order valence-electron chi connectivity index (χ0n) is 9.96. The molecular weight excluding hydrogens is 248 g/mol. The number of carbonyl (C=O) groups is 1. The molecule has 1 aromatic heterocycles. The van der Waals surface area contributed by atoms with Crippen molar-refractivity contribution in [2.75, 3.05) is 5.32 Å². The van der Waals surface area contributed by atoms with Crippen molar-refractivity contribution in [2.45, 2.75) is 19.4 Å². The van der Waals surface area contributed by atoms with Crippen LogP contribution in [0.4, 0.5) is 5.69 Å². The van der Waals surface area contributed by atoms with E-state index in [1.807, 2.05) is 18.4 Å². The Labute approximate surface area is 109 Å². The second-order valence-corrected chi connectivity index (χ2v) is 4.75. The van der Waals surface area contributed by atoms with Crippen LogP contribution in [0.5, 0.6) is 0 Å². The topological polar surface area (TPSA) is 62.2 Å². The minimum Gasteiger partial charge on any atom is -0.478 e. The van der Waals surface area contributed by atoms with Gasteiger partial charge >= 0.3 is 5.97 Å². The smallest absolute Gasteiger partial charge is 0.337 e. The molecule has 94 valence electrons. The molecule has 0 radical (unpaired) electrons. The van der Waals surface area contributed by atoms with Gasteiger partial charge in [-0.15, -0.1) is 11.3 Å². The molecule has 2 N–H and O–H groups in total. The molecule has 0 spiro atoms. The van der Waals surface area contributed by atoms with Gasteiger partial charge in [-0.2, -0.15) is 0 Å². The van der Waals surface area contributed by atoms with Crippen molar-refractivity contribution < 1.29 is 9.90 Å². The van der Waals surface area contributed by atoms with E-state index in [4.69, 9.17) is 5.11 Å². The van der Waals surface area contributed by atoms with Crippen molar-refractivity contribution >= 4 is 23.0 Å². The van der Waals surface area contributed by atoms with E-state index in [0.29, 0.717) is 5.69 Å². The van der Waals surface area contributed by atoms with Crippen molar-refractivity contribution in [3.8, 4) is 0 Å². The van der Waals surface area contributed by atoms with Crippen molar-refractivity contribution in [2.24, 2.45) is 0 Å². The number of anilines is 1. The van der Waals surface area contributed by atoms with Crippen LogP contribution in [0.2, 0.25) is 0 Å². The van der Waals surface area contributed by atoms with Crippen LogP contribution in [0, 0.1) is 0 Å². The largest absolute Gasteiger partial charge is 0.478 e. The third-order valence-corrected chi connectivity index (χ3v) is 3.53. The first-order chi connectivity index (χ1) is 8.72. The molecule has 0 saturated carbocycles. The fourth-order valence-corrected chi connectivity index (χ4v) is 2.50. The van der Waals surface area contributed by atoms with Gasteiger partial charge in [-0.1, -0.05) is 19.1 Å². The molecule has 4 nitrogen and oxygen atoms in total. The monoisotopic (exact) mass is 262 g/mol. The second-order valence-electron chi connectivity index (χ2n) is 3.83. The average Bonchev–Trinajstić information content (AvgIpc) is 2.90. The first-order valence-electron chi connectivity index (χ1n) is 5.70. The van der Waals surface area contributed by atoms with Crippen molar-refractivity contribution in [3.05, 3.63) is 46.4 Å². The molecule has 1 unspecified atom stereocenters. The van der Waals surface area contributed by atoms with E-state index in [-0.39, 0.29) is 11.6 Å². The summed E-state index contributed by atoms with van der Waals surface area (Å²) in [5.41, 5.74) is 0.916. The number of benzene rings is 1. The summed E-state index contributed by atoms with van der Waals surface area (Å²) in [5, 5.41) is 15.3. The molecule has 1 heterocycles. The zero-order chi connectivity index (χ0) is 13.0. The van der Waals surface area contributed by atoms with Crippen molar-refractivity contribution in [3.63, 3.8) is 0 Å². The van der Waals surface area contributed by atoms with Gasteiger partial charge in [0.25, 0.3) is 0 Å². The maximum Gasteiger partial charge on any atom is 0.337 e. The normalized spacial score (nSPS) is 12.1. The van der Waals surface area contributed by atoms with Crippen LogP contribution < -0.4 is 5.32 Å². The fourth-order valence-electron chi connectivity index (χ4n) is 1.73. The molecule has 0 aliphatic heterocycles. The maximum absolute atomic E-state index is 11.1. The van der Waals surface area contributed by atoms with E-state index >= 15 is 0 Å². The van der Waals surface area contributed by atoms with E-state index in [2.05, 4.69) is 10.3 Å². The van der Waals surface area contributed by atoms with Gasteiger partial charge < -0.3 is 10.4 Å². The Kier molecular flexibility index (Phi) is 3.94. The summed E-state index contributed by atoms with van der Waals surface area (Å²) in [5.74, 6) is -0.924. The number of aromatic nitrogens is 1. The maximum atomic E-state index is 11.1. The van der Waals surface area contributed by atoms with Gasteiger partial charge in [0.05, 0.1) is 11.6 Å². The number of carboxylic acids is 1. The summed E-state index contributed by atoms with van der Waals surface area (Å²) in [6.45, 7) is 2.04. The van der Waals surface area contributed by atoms with Crippen LogP contribution in [-0.4, -0.2) is 16.1 Å². The number of nitrogens with zero attached hydrogens (tertiary/aromatic N) is 1. The SMILES string of the molecule is CCC(Nc1ccccc1C(=O)O)c1nccs1. The number of hydrogen-bond acceptors (Lipinski definition) is 4. The van der Waals surface area contributed by atoms with Crippen LogP contribution in [0.25, 0.3) is 0 Å². The minimum absolute atomic E-state index is 0.0468. The van der Waals surface area contributed by atoms with Crippen LogP contribution in [0.3, 0.4) is 0 Å². The van der Waals surface area contributed by atoms with Crippen LogP contribution in [0.15, 0.2) is 35.8 Å². The van der Waals surface area contributed by atoms with Gasteiger partial charge in [0.1, 0.15) is 5.01 Å². The molecule has 0 aliphatic carbocycles. The first-order valence-corrected chi connectivity index (χ1v) is 6.58. The van der Waals surface area contributed by atoms with Crippen molar-refractivity contribution in [1.29, 1.82) is 0 Å². The highest BCUT2D eigenvalue weighted by Gasteiger charge is 2.15. The Morgan fingerprint density at radius 3 is 2.89 bits per heavy atom. The number of nitrogens with one attached hydrogen (secondary N) is 1. The fraction of sp³-hybridized carbons (Fsp3) is 0.231. The third kappa shape index (κ3) is 2.68. The lowest BCUT2D eigenvalue weighted by Gasteiger charge is -2.17. The Balaban J connectivity index is 2.25. The molecule has 0 amide bonds. The van der Waals surface area contributed by atoms with E-state index in [0.717, 1.165) is 11.4 Å².